The Kier molecular flexibility index (Phi) is 10.2. The summed E-state index contributed by atoms with van der Waals surface area (Å²) in [5.41, 5.74) is 5.94. The molecule has 0 radical (unpaired) electrons. The van der Waals surface area contributed by atoms with Crippen LogP contribution in [0.25, 0.3) is 16.7 Å². The molecule has 0 atom stereocenters. The molecule has 1 N–H and O–H groups in total. The summed E-state index contributed by atoms with van der Waals surface area (Å²) >= 11 is 0. The van der Waals surface area contributed by atoms with Crippen LogP contribution in [0.1, 0.15) is 108 Å². The minimum absolute atomic E-state index is 0.340. The smallest absolute Gasteiger partial charge is 0.146 e. The van der Waals surface area contributed by atoms with Crippen molar-refractivity contribution in [1.29, 1.82) is 0 Å². The highest BCUT2D eigenvalue weighted by atomic mass is 16.3. The fourth-order valence-corrected chi connectivity index (χ4v) is 4.57. The molecule has 0 saturated heterocycles. The second-order valence-electron chi connectivity index (χ2n) is 9.64. The van der Waals surface area contributed by atoms with Crippen LogP contribution in [0.4, 0.5) is 0 Å². The topological polar surface area (TPSA) is 50.9 Å². The van der Waals surface area contributed by atoms with Crippen molar-refractivity contribution in [2.24, 2.45) is 0 Å². The van der Waals surface area contributed by atoms with Crippen molar-refractivity contribution < 1.29 is 5.11 Å². The average molecular weight is 450 g/mol. The molecule has 0 aliphatic carbocycles. The normalized spacial score (nSPS) is 11.5. The molecule has 0 aliphatic heterocycles. The molecule has 33 heavy (non-hydrogen) atoms. The van der Waals surface area contributed by atoms with E-state index in [1.165, 1.54) is 81.8 Å². The molecule has 0 amide bonds. The number of phenols is 1. The van der Waals surface area contributed by atoms with Gasteiger partial charge in [0.2, 0.25) is 0 Å². The van der Waals surface area contributed by atoms with Crippen molar-refractivity contribution in [1.82, 2.24) is 15.0 Å². The molecule has 4 heteroatoms. The highest BCUT2D eigenvalue weighted by Crippen LogP contribution is 2.30. The maximum absolute atomic E-state index is 11.2. The van der Waals surface area contributed by atoms with Gasteiger partial charge in [-0.3, -0.25) is 0 Å². The first-order valence-corrected chi connectivity index (χ1v) is 13.3. The van der Waals surface area contributed by atoms with E-state index in [9.17, 15) is 5.11 Å². The quantitative estimate of drug-likeness (QED) is 0.238. The Bertz CT molecular complexity index is 992. The number of rotatable bonds is 15. The Morgan fingerprint density at radius 3 is 2.00 bits per heavy atom. The Balaban J connectivity index is 1.77. The van der Waals surface area contributed by atoms with E-state index in [1.54, 1.807) is 4.80 Å². The molecule has 3 rings (SSSR count). The molecule has 3 aromatic rings. The largest absolute Gasteiger partial charge is 0.505 e. The Labute approximate surface area is 200 Å². The highest BCUT2D eigenvalue weighted by Gasteiger charge is 2.15. The SMILES string of the molecule is CCCCCCCCc1cc(CCCCCCCC)c(O)c(-n2nc3ccc(C)cc3n2)c1. The van der Waals surface area contributed by atoms with Gasteiger partial charge in [-0.05, 0) is 67.5 Å². The van der Waals surface area contributed by atoms with Crippen LogP contribution in [-0.2, 0) is 12.8 Å². The van der Waals surface area contributed by atoms with Crippen LogP contribution in [0, 0.1) is 6.92 Å². The Morgan fingerprint density at radius 2 is 1.30 bits per heavy atom. The zero-order valence-electron chi connectivity index (χ0n) is 21.1. The molecule has 0 spiro atoms. The number of fused-ring (bicyclic) bond motifs is 1. The number of benzene rings is 2. The summed E-state index contributed by atoms with van der Waals surface area (Å²) in [7, 11) is 0. The van der Waals surface area contributed by atoms with E-state index in [4.69, 9.17) is 5.10 Å². The first kappa shape index (κ1) is 25.3. The van der Waals surface area contributed by atoms with Gasteiger partial charge in [0.25, 0.3) is 0 Å². The van der Waals surface area contributed by atoms with E-state index >= 15 is 0 Å². The lowest BCUT2D eigenvalue weighted by Gasteiger charge is -2.13. The second kappa shape index (κ2) is 13.4. The van der Waals surface area contributed by atoms with Gasteiger partial charge in [-0.2, -0.15) is 0 Å². The fraction of sp³-hybridized carbons (Fsp3) is 0.586. The lowest BCUT2D eigenvalue weighted by atomic mass is 9.98. The number of aromatic hydroxyl groups is 1. The van der Waals surface area contributed by atoms with Gasteiger partial charge >= 0.3 is 0 Å². The molecule has 0 aliphatic rings. The van der Waals surface area contributed by atoms with Crippen molar-refractivity contribution >= 4 is 11.0 Å². The van der Waals surface area contributed by atoms with Crippen LogP contribution in [0.5, 0.6) is 5.75 Å². The van der Waals surface area contributed by atoms with Crippen LogP contribution in [0.2, 0.25) is 0 Å². The predicted molar refractivity (Wildman–Crippen MR) is 139 cm³/mol. The molecular formula is C29H43N3O. The third-order valence-corrected chi connectivity index (χ3v) is 6.60. The number of aromatic nitrogens is 3. The van der Waals surface area contributed by atoms with Gasteiger partial charge in [0.1, 0.15) is 22.5 Å². The summed E-state index contributed by atoms with van der Waals surface area (Å²) in [6.07, 6.45) is 17.2. The lowest BCUT2D eigenvalue weighted by molar-refractivity contribution is 0.458. The van der Waals surface area contributed by atoms with Crippen molar-refractivity contribution in [2.45, 2.75) is 111 Å². The highest BCUT2D eigenvalue weighted by molar-refractivity contribution is 5.74. The molecule has 0 saturated carbocycles. The van der Waals surface area contributed by atoms with Crippen LogP contribution in [0.3, 0.4) is 0 Å². The summed E-state index contributed by atoms with van der Waals surface area (Å²) in [5, 5.41) is 20.5. The van der Waals surface area contributed by atoms with Gasteiger partial charge in [0, 0.05) is 0 Å². The molecule has 0 unspecified atom stereocenters. The van der Waals surface area contributed by atoms with E-state index in [0.29, 0.717) is 11.4 Å². The average Bonchev–Trinajstić information content (AvgIpc) is 3.23. The van der Waals surface area contributed by atoms with Crippen LogP contribution in [-0.4, -0.2) is 20.1 Å². The van der Waals surface area contributed by atoms with E-state index in [-0.39, 0.29) is 0 Å². The van der Waals surface area contributed by atoms with Gasteiger partial charge < -0.3 is 5.11 Å². The number of hydrogen-bond donors (Lipinski definition) is 1. The maximum atomic E-state index is 11.2. The first-order chi connectivity index (χ1) is 16.1. The zero-order chi connectivity index (χ0) is 23.5. The molecule has 0 fully saturated rings. The molecule has 4 nitrogen and oxygen atoms in total. The number of unbranched alkanes of at least 4 members (excludes halogenated alkanes) is 10. The van der Waals surface area contributed by atoms with Gasteiger partial charge in [-0.1, -0.05) is 90.2 Å². The van der Waals surface area contributed by atoms with Crippen molar-refractivity contribution in [3.8, 4) is 11.4 Å². The van der Waals surface area contributed by atoms with Crippen molar-refractivity contribution in [2.75, 3.05) is 0 Å². The number of phenolic OH excluding ortho intramolecular Hbond substituents is 1. The third-order valence-electron chi connectivity index (χ3n) is 6.60. The Morgan fingerprint density at radius 1 is 0.697 bits per heavy atom. The van der Waals surface area contributed by atoms with E-state index in [2.05, 4.69) is 44.1 Å². The van der Waals surface area contributed by atoms with Crippen LogP contribution < -0.4 is 0 Å². The molecule has 0 bridgehead atoms. The fourth-order valence-electron chi connectivity index (χ4n) is 4.57. The molecule has 2 aromatic carbocycles. The summed E-state index contributed by atoms with van der Waals surface area (Å²) in [6, 6.07) is 10.4. The second-order valence-corrected chi connectivity index (χ2v) is 9.64. The van der Waals surface area contributed by atoms with Gasteiger partial charge in [-0.15, -0.1) is 15.0 Å². The monoisotopic (exact) mass is 449 g/mol. The summed E-state index contributed by atoms with van der Waals surface area (Å²) in [5.74, 6) is 0.340. The van der Waals surface area contributed by atoms with Gasteiger partial charge in [0.15, 0.2) is 0 Å². The number of aryl methyl sites for hydroxylation is 3. The third kappa shape index (κ3) is 7.58. The standard InChI is InChI=1S/C29H43N3O/c1-4-6-8-10-12-14-16-24-21-25(17-15-13-11-9-7-5-2)29(33)28(22-24)32-30-26-19-18-23(3)20-27(26)31-32/h18-22,33H,4-17H2,1-3H3. The minimum Gasteiger partial charge on any atom is -0.505 e. The molecule has 1 aromatic heterocycles. The summed E-state index contributed by atoms with van der Waals surface area (Å²) in [6.45, 7) is 6.58. The van der Waals surface area contributed by atoms with Crippen molar-refractivity contribution in [3.63, 3.8) is 0 Å². The number of nitrogens with zero attached hydrogens (tertiary/aromatic N) is 3. The van der Waals surface area contributed by atoms with Gasteiger partial charge in [0.05, 0.1) is 0 Å². The van der Waals surface area contributed by atoms with E-state index in [1.807, 2.05) is 12.1 Å². The van der Waals surface area contributed by atoms with Crippen LogP contribution in [0.15, 0.2) is 30.3 Å². The van der Waals surface area contributed by atoms with E-state index in [0.717, 1.165) is 35.9 Å². The zero-order valence-corrected chi connectivity index (χ0v) is 21.1. The first-order valence-electron chi connectivity index (χ1n) is 13.3. The van der Waals surface area contributed by atoms with E-state index < -0.39 is 0 Å². The van der Waals surface area contributed by atoms with Gasteiger partial charge in [-0.25, -0.2) is 0 Å². The predicted octanol–water partition coefficient (Wildman–Crippen LogP) is 8.24. The number of hydrogen-bond acceptors (Lipinski definition) is 3. The lowest BCUT2D eigenvalue weighted by Crippen LogP contribution is -2.03. The van der Waals surface area contributed by atoms with Crippen LogP contribution >= 0.6 is 0 Å². The molecular weight excluding hydrogens is 406 g/mol. The summed E-state index contributed by atoms with van der Waals surface area (Å²) in [4.78, 5) is 1.63. The maximum Gasteiger partial charge on any atom is 0.146 e. The molecule has 1 heterocycles. The Hall–Kier alpha value is -2.36. The molecule has 180 valence electrons. The minimum atomic E-state index is 0.340. The summed E-state index contributed by atoms with van der Waals surface area (Å²) < 4.78 is 0. The van der Waals surface area contributed by atoms with Crippen molar-refractivity contribution in [3.05, 3.63) is 47.0 Å².